The molecule has 1 aliphatic rings. The zero-order valence-electron chi connectivity index (χ0n) is 27.3. The molecule has 9 nitrogen and oxygen atoms in total. The Balaban J connectivity index is 1.98. The number of carbonyl (C=O) groups excluding carboxylic acids is 3. The van der Waals surface area contributed by atoms with Gasteiger partial charge in [-0.2, -0.15) is 0 Å². The van der Waals surface area contributed by atoms with Crippen LogP contribution in [-0.2, 0) is 14.4 Å². The van der Waals surface area contributed by atoms with Crippen LogP contribution in [0.4, 0.5) is 20.3 Å². The number of anilines is 1. The Morgan fingerprint density at radius 3 is 2.47 bits per heavy atom. The molecule has 12 heteroatoms. The number of thioether (sulfide) groups is 1. The number of amides is 2. The Bertz CT molecular complexity index is 1710. The van der Waals surface area contributed by atoms with Crippen molar-refractivity contribution < 1.29 is 27.9 Å². The highest BCUT2D eigenvalue weighted by atomic mass is 32.2. The van der Waals surface area contributed by atoms with Gasteiger partial charge in [0.15, 0.2) is 5.82 Å². The molecule has 1 N–H and O–H groups in total. The number of hydrogen-bond acceptors (Lipinski definition) is 7. The first kappa shape index (κ1) is 35.3. The van der Waals surface area contributed by atoms with Crippen molar-refractivity contribution in [1.29, 1.82) is 0 Å². The molecule has 0 radical (unpaired) electrons. The van der Waals surface area contributed by atoms with E-state index in [9.17, 15) is 14.4 Å². The van der Waals surface area contributed by atoms with Crippen molar-refractivity contribution in [2.45, 2.75) is 51.5 Å². The second kappa shape index (κ2) is 15.3. The minimum atomic E-state index is -0.925. The number of benzene rings is 2. The van der Waals surface area contributed by atoms with Crippen molar-refractivity contribution in [2.75, 3.05) is 31.2 Å². The maximum absolute atomic E-state index is 16.3. The van der Waals surface area contributed by atoms with Crippen LogP contribution in [-0.4, -0.2) is 70.8 Å². The van der Waals surface area contributed by atoms with Gasteiger partial charge in [-0.15, -0.1) is 11.8 Å². The number of ether oxygens (including phenoxy) is 1. The molecule has 2 heterocycles. The van der Waals surface area contributed by atoms with E-state index in [0.29, 0.717) is 37.6 Å². The van der Waals surface area contributed by atoms with Crippen molar-refractivity contribution in [2.24, 2.45) is 10.9 Å². The van der Waals surface area contributed by atoms with Gasteiger partial charge in [-0.1, -0.05) is 52.5 Å². The Hall–Kier alpha value is -4.58. The van der Waals surface area contributed by atoms with Gasteiger partial charge in [-0.05, 0) is 55.0 Å². The van der Waals surface area contributed by atoms with E-state index in [-0.39, 0.29) is 40.6 Å². The highest BCUT2D eigenvalue weighted by Gasteiger charge is 2.32. The van der Waals surface area contributed by atoms with E-state index in [0.717, 1.165) is 22.6 Å². The number of pyridine rings is 1. The van der Waals surface area contributed by atoms with Gasteiger partial charge in [0.25, 0.3) is 0 Å². The number of amidine groups is 1. The standard InChI is InChI=1S/C35H39F2N5O4S/c1-8-29(44)41-15-16-42(22(6)18-41)34(40-31-23(20(2)3)11-9-14-28(31)47-7)24-17-26(37)32(39-33(24)38-19-43)30-25(36)12-10-13-27(30)46-35(45)21(4)5/h8-14,17,19-22H,1,15-16,18H2,2-7H3,(H,38,39,43). The number of hydrogen-bond donors (Lipinski definition) is 1. The Kier molecular flexibility index (Phi) is 11.5. The third-order valence-electron chi connectivity index (χ3n) is 7.78. The van der Waals surface area contributed by atoms with E-state index < -0.39 is 29.2 Å². The van der Waals surface area contributed by atoms with Crippen LogP contribution >= 0.6 is 11.8 Å². The summed E-state index contributed by atoms with van der Waals surface area (Å²) in [6.07, 6.45) is 3.60. The van der Waals surface area contributed by atoms with Crippen LogP contribution in [0.25, 0.3) is 11.3 Å². The molecule has 1 aromatic heterocycles. The maximum atomic E-state index is 16.3. The zero-order valence-corrected chi connectivity index (χ0v) is 28.2. The highest BCUT2D eigenvalue weighted by Crippen LogP contribution is 2.39. The first-order valence-electron chi connectivity index (χ1n) is 15.3. The third kappa shape index (κ3) is 7.70. The zero-order chi connectivity index (χ0) is 34.4. The molecular formula is C35H39F2N5O4S. The number of para-hydroxylation sites is 1. The summed E-state index contributed by atoms with van der Waals surface area (Å²) in [5.74, 6) is -3.03. The van der Waals surface area contributed by atoms with Gasteiger partial charge in [-0.25, -0.2) is 18.8 Å². The topological polar surface area (TPSA) is 104 Å². The van der Waals surface area contributed by atoms with Crippen LogP contribution < -0.4 is 10.1 Å². The summed E-state index contributed by atoms with van der Waals surface area (Å²) in [7, 11) is 0. The molecule has 0 spiro atoms. The van der Waals surface area contributed by atoms with Gasteiger partial charge >= 0.3 is 5.97 Å². The van der Waals surface area contributed by atoms with Crippen LogP contribution in [0.1, 0.15) is 51.7 Å². The molecule has 1 unspecified atom stereocenters. The summed E-state index contributed by atoms with van der Waals surface area (Å²) in [5.41, 5.74) is 0.971. The maximum Gasteiger partial charge on any atom is 0.313 e. The number of aromatic nitrogens is 1. The monoisotopic (exact) mass is 663 g/mol. The molecule has 1 fully saturated rings. The lowest BCUT2D eigenvalue weighted by Crippen LogP contribution is -2.55. The largest absolute Gasteiger partial charge is 0.425 e. The summed E-state index contributed by atoms with van der Waals surface area (Å²) < 4.78 is 37.1. The van der Waals surface area contributed by atoms with E-state index in [2.05, 4.69) is 16.9 Å². The van der Waals surface area contributed by atoms with Crippen LogP contribution in [0, 0.1) is 17.6 Å². The quantitative estimate of drug-likeness (QED) is 0.0484. The van der Waals surface area contributed by atoms with Gasteiger partial charge < -0.3 is 19.9 Å². The lowest BCUT2D eigenvalue weighted by Gasteiger charge is -2.41. The van der Waals surface area contributed by atoms with E-state index in [1.807, 2.05) is 50.1 Å². The molecule has 0 bridgehead atoms. The van der Waals surface area contributed by atoms with Gasteiger partial charge in [0.1, 0.15) is 28.9 Å². The summed E-state index contributed by atoms with van der Waals surface area (Å²) >= 11 is 1.51. The number of rotatable bonds is 10. The average Bonchev–Trinajstić information content (AvgIpc) is 3.04. The van der Waals surface area contributed by atoms with Crippen molar-refractivity contribution in [3.05, 3.63) is 77.9 Å². The van der Waals surface area contributed by atoms with E-state index in [4.69, 9.17) is 9.73 Å². The number of esters is 1. The Morgan fingerprint density at radius 2 is 1.85 bits per heavy atom. The van der Waals surface area contributed by atoms with Crippen LogP contribution in [0.2, 0.25) is 0 Å². The van der Waals surface area contributed by atoms with Crippen molar-refractivity contribution in [3.63, 3.8) is 0 Å². The summed E-state index contributed by atoms with van der Waals surface area (Å²) in [5, 5.41) is 2.55. The second-order valence-corrected chi connectivity index (χ2v) is 12.5. The fourth-order valence-corrected chi connectivity index (χ4v) is 5.89. The predicted octanol–water partition coefficient (Wildman–Crippen LogP) is 6.80. The molecule has 1 aliphatic heterocycles. The third-order valence-corrected chi connectivity index (χ3v) is 8.55. The lowest BCUT2D eigenvalue weighted by molar-refractivity contribution is -0.137. The summed E-state index contributed by atoms with van der Waals surface area (Å²) in [6.45, 7) is 13.9. The number of nitrogens with zero attached hydrogens (tertiary/aromatic N) is 4. The normalized spacial score (nSPS) is 15.2. The number of carbonyl (C=O) groups is 3. The van der Waals surface area contributed by atoms with E-state index in [1.54, 1.807) is 18.7 Å². The SMILES string of the molecule is C=CC(=O)N1CCN(C(=Nc2c(SC)cccc2C(C)C)c2cc(F)c(-c3c(F)cccc3OC(=O)C(C)C)nc2NC=O)C(C)C1. The number of halogens is 2. The molecule has 0 saturated carbocycles. The van der Waals surface area contributed by atoms with Gasteiger partial charge in [0.05, 0.1) is 22.7 Å². The fourth-order valence-electron chi connectivity index (χ4n) is 5.32. The smallest absolute Gasteiger partial charge is 0.313 e. The average molecular weight is 664 g/mol. The van der Waals surface area contributed by atoms with Gasteiger partial charge in [0, 0.05) is 30.6 Å². The molecule has 0 aliphatic carbocycles. The molecule has 2 amide bonds. The summed E-state index contributed by atoms with van der Waals surface area (Å²) in [6, 6.07) is 10.6. The van der Waals surface area contributed by atoms with E-state index >= 15 is 8.78 Å². The van der Waals surface area contributed by atoms with Crippen molar-refractivity contribution in [3.8, 4) is 17.0 Å². The molecular weight excluding hydrogens is 624 g/mol. The molecule has 2 aromatic carbocycles. The van der Waals surface area contributed by atoms with Gasteiger partial charge in [-0.3, -0.25) is 14.4 Å². The first-order valence-corrected chi connectivity index (χ1v) is 16.5. The fraction of sp³-hybridized carbons (Fsp3) is 0.343. The number of nitrogens with one attached hydrogen (secondary N) is 1. The molecule has 1 atom stereocenters. The molecule has 3 aromatic rings. The predicted molar refractivity (Wildman–Crippen MR) is 181 cm³/mol. The number of aliphatic imine (C=N–C) groups is 1. The van der Waals surface area contributed by atoms with Crippen LogP contribution in [0.3, 0.4) is 0 Å². The minimum absolute atomic E-state index is 0.0796. The van der Waals surface area contributed by atoms with Crippen molar-refractivity contribution >= 4 is 47.4 Å². The Morgan fingerprint density at radius 1 is 1.13 bits per heavy atom. The molecule has 248 valence electrons. The summed E-state index contributed by atoms with van der Waals surface area (Å²) in [4.78, 5) is 50.9. The van der Waals surface area contributed by atoms with Gasteiger partial charge in [0.2, 0.25) is 12.3 Å². The van der Waals surface area contributed by atoms with Crippen molar-refractivity contribution in [1.82, 2.24) is 14.8 Å². The molecule has 47 heavy (non-hydrogen) atoms. The second-order valence-electron chi connectivity index (χ2n) is 11.7. The lowest BCUT2D eigenvalue weighted by atomic mass is 10.0. The first-order chi connectivity index (χ1) is 22.4. The minimum Gasteiger partial charge on any atom is -0.425 e. The highest BCUT2D eigenvalue weighted by molar-refractivity contribution is 7.98. The van der Waals surface area contributed by atoms with E-state index in [1.165, 1.54) is 30.0 Å². The Labute approximate surface area is 278 Å². The van der Waals surface area contributed by atoms with Crippen LogP contribution in [0.5, 0.6) is 5.75 Å². The van der Waals surface area contributed by atoms with Crippen LogP contribution in [0.15, 0.2) is 65.0 Å². The number of piperazine rings is 1. The molecule has 4 rings (SSSR count). The molecule has 1 saturated heterocycles.